The number of halogens is 2. The first-order chi connectivity index (χ1) is 18.6. The SMILES string of the molecule is CCCCCCCCOc1ccc(-c2cnc(-c3ccc(OCC4OC4CCCC)c(F)c3F)nc2)cn1. The Kier molecular flexibility index (Phi) is 10.4. The molecule has 0 N–H and O–H groups in total. The molecule has 0 aliphatic carbocycles. The molecular formula is C30H37F2N3O3. The molecule has 0 amide bonds. The monoisotopic (exact) mass is 525 g/mol. The number of hydrogen-bond donors (Lipinski definition) is 0. The minimum Gasteiger partial charge on any atom is -0.488 e. The second kappa shape index (κ2) is 14.1. The lowest BCUT2D eigenvalue weighted by Crippen LogP contribution is -2.09. The average Bonchev–Trinajstić information content (AvgIpc) is 3.71. The molecule has 1 aliphatic rings. The highest BCUT2D eigenvalue weighted by Crippen LogP contribution is 2.31. The fraction of sp³-hybridized carbons (Fsp3) is 0.500. The van der Waals surface area contributed by atoms with Gasteiger partial charge in [-0.2, -0.15) is 4.39 Å². The summed E-state index contributed by atoms with van der Waals surface area (Å²) in [5.74, 6) is -1.57. The van der Waals surface area contributed by atoms with Crippen LogP contribution in [0.2, 0.25) is 0 Å². The number of unbranched alkanes of at least 4 members (excludes halogenated alkanes) is 6. The number of epoxide rings is 1. The molecule has 0 spiro atoms. The van der Waals surface area contributed by atoms with Gasteiger partial charge in [0.05, 0.1) is 18.3 Å². The number of nitrogens with zero attached hydrogens (tertiary/aromatic N) is 3. The van der Waals surface area contributed by atoms with Crippen molar-refractivity contribution >= 4 is 0 Å². The van der Waals surface area contributed by atoms with Gasteiger partial charge in [0.15, 0.2) is 17.4 Å². The van der Waals surface area contributed by atoms with Crippen molar-refractivity contribution in [2.75, 3.05) is 13.2 Å². The van der Waals surface area contributed by atoms with Crippen molar-refractivity contribution in [3.8, 4) is 34.1 Å². The second-order valence-electron chi connectivity index (χ2n) is 9.70. The molecule has 1 saturated heterocycles. The Labute approximate surface area is 223 Å². The molecule has 0 saturated carbocycles. The molecule has 0 bridgehead atoms. The fourth-order valence-corrected chi connectivity index (χ4v) is 4.28. The molecule has 2 atom stereocenters. The standard InChI is InChI=1S/C30H37F2N3O3/c1-3-5-7-8-9-10-16-36-27-15-12-21(17-33-27)22-18-34-30(35-19-22)23-13-14-25(29(32)28(23)31)37-20-26-24(38-26)11-6-4-2/h12-15,17-19,24,26H,3-11,16,20H2,1-2H3. The van der Waals surface area contributed by atoms with Crippen LogP contribution < -0.4 is 9.47 Å². The molecule has 3 heterocycles. The lowest BCUT2D eigenvalue weighted by atomic mass is 10.1. The summed E-state index contributed by atoms with van der Waals surface area (Å²) in [5.41, 5.74) is 1.49. The van der Waals surface area contributed by atoms with Gasteiger partial charge < -0.3 is 14.2 Å². The number of aromatic nitrogens is 3. The molecule has 204 valence electrons. The largest absolute Gasteiger partial charge is 0.488 e. The maximum absolute atomic E-state index is 14.8. The predicted molar refractivity (Wildman–Crippen MR) is 143 cm³/mol. The summed E-state index contributed by atoms with van der Waals surface area (Å²) in [7, 11) is 0. The van der Waals surface area contributed by atoms with Gasteiger partial charge in [-0.1, -0.05) is 58.8 Å². The molecular weight excluding hydrogens is 488 g/mol. The first-order valence-corrected chi connectivity index (χ1v) is 13.8. The molecule has 0 radical (unpaired) electrons. The van der Waals surface area contributed by atoms with E-state index in [1.807, 2.05) is 12.1 Å². The van der Waals surface area contributed by atoms with Gasteiger partial charge in [-0.25, -0.2) is 19.3 Å². The molecule has 8 heteroatoms. The van der Waals surface area contributed by atoms with Crippen LogP contribution in [0.3, 0.4) is 0 Å². The Morgan fingerprint density at radius 1 is 0.737 bits per heavy atom. The van der Waals surface area contributed by atoms with Crippen molar-refractivity contribution in [1.29, 1.82) is 0 Å². The second-order valence-corrected chi connectivity index (χ2v) is 9.70. The van der Waals surface area contributed by atoms with Crippen LogP contribution in [0.1, 0.15) is 71.6 Å². The molecule has 3 aromatic rings. The summed E-state index contributed by atoms with van der Waals surface area (Å²) in [6.07, 6.45) is 15.3. The van der Waals surface area contributed by atoms with E-state index in [9.17, 15) is 8.78 Å². The summed E-state index contributed by atoms with van der Waals surface area (Å²) >= 11 is 0. The maximum atomic E-state index is 14.8. The average molecular weight is 526 g/mol. The minimum absolute atomic E-state index is 0.0264. The van der Waals surface area contributed by atoms with E-state index in [1.165, 1.54) is 37.8 Å². The van der Waals surface area contributed by atoms with Gasteiger partial charge in [-0.3, -0.25) is 0 Å². The van der Waals surface area contributed by atoms with E-state index in [-0.39, 0.29) is 36.0 Å². The molecule has 1 aliphatic heterocycles. The van der Waals surface area contributed by atoms with Gasteiger partial charge >= 0.3 is 0 Å². The van der Waals surface area contributed by atoms with E-state index in [1.54, 1.807) is 18.6 Å². The van der Waals surface area contributed by atoms with E-state index in [0.29, 0.717) is 18.1 Å². The molecule has 2 aromatic heterocycles. The summed E-state index contributed by atoms with van der Waals surface area (Å²) in [4.78, 5) is 12.9. The van der Waals surface area contributed by atoms with E-state index in [2.05, 4.69) is 28.8 Å². The lowest BCUT2D eigenvalue weighted by Gasteiger charge is -2.09. The van der Waals surface area contributed by atoms with Gasteiger partial charge in [0.1, 0.15) is 12.7 Å². The molecule has 38 heavy (non-hydrogen) atoms. The first kappa shape index (κ1) is 27.9. The molecule has 6 nitrogen and oxygen atoms in total. The van der Waals surface area contributed by atoms with Crippen LogP contribution in [0.5, 0.6) is 11.6 Å². The van der Waals surface area contributed by atoms with Gasteiger partial charge in [-0.15, -0.1) is 0 Å². The Morgan fingerprint density at radius 3 is 2.21 bits per heavy atom. The Balaban J connectivity index is 1.29. The molecule has 1 aromatic carbocycles. The summed E-state index contributed by atoms with van der Waals surface area (Å²) in [5, 5.41) is 0. The number of hydrogen-bond acceptors (Lipinski definition) is 6. The highest BCUT2D eigenvalue weighted by molar-refractivity contribution is 5.64. The van der Waals surface area contributed by atoms with Crippen molar-refractivity contribution < 1.29 is 23.0 Å². The number of ether oxygens (including phenoxy) is 3. The zero-order chi connectivity index (χ0) is 26.7. The van der Waals surface area contributed by atoms with E-state index in [0.717, 1.165) is 37.7 Å². The Hall–Kier alpha value is -3.13. The third-order valence-electron chi connectivity index (χ3n) is 6.69. The maximum Gasteiger partial charge on any atom is 0.213 e. The number of pyridine rings is 1. The van der Waals surface area contributed by atoms with E-state index < -0.39 is 11.6 Å². The Morgan fingerprint density at radius 2 is 1.47 bits per heavy atom. The third-order valence-corrected chi connectivity index (χ3v) is 6.69. The first-order valence-electron chi connectivity index (χ1n) is 13.8. The van der Waals surface area contributed by atoms with E-state index >= 15 is 0 Å². The van der Waals surface area contributed by atoms with Crippen LogP contribution in [-0.2, 0) is 4.74 Å². The van der Waals surface area contributed by atoms with Crippen molar-refractivity contribution in [3.05, 3.63) is 54.5 Å². The Bertz CT molecular complexity index is 1140. The van der Waals surface area contributed by atoms with Crippen molar-refractivity contribution in [1.82, 2.24) is 15.0 Å². The summed E-state index contributed by atoms with van der Waals surface area (Å²) in [6, 6.07) is 6.53. The quantitative estimate of drug-likeness (QED) is 0.142. The van der Waals surface area contributed by atoms with Crippen molar-refractivity contribution in [3.63, 3.8) is 0 Å². The van der Waals surface area contributed by atoms with Crippen LogP contribution in [-0.4, -0.2) is 40.4 Å². The van der Waals surface area contributed by atoms with Crippen LogP contribution >= 0.6 is 0 Å². The lowest BCUT2D eigenvalue weighted by molar-refractivity contribution is 0.248. The van der Waals surface area contributed by atoms with Gasteiger partial charge in [-0.05, 0) is 31.0 Å². The molecule has 1 fully saturated rings. The third kappa shape index (κ3) is 7.69. The van der Waals surface area contributed by atoms with Gasteiger partial charge in [0, 0.05) is 35.8 Å². The van der Waals surface area contributed by atoms with Crippen molar-refractivity contribution in [2.45, 2.75) is 83.8 Å². The van der Waals surface area contributed by atoms with Gasteiger partial charge in [0.25, 0.3) is 0 Å². The molecule has 4 rings (SSSR count). The van der Waals surface area contributed by atoms with Crippen LogP contribution in [0, 0.1) is 11.6 Å². The van der Waals surface area contributed by atoms with Crippen LogP contribution in [0.4, 0.5) is 8.78 Å². The zero-order valence-corrected chi connectivity index (χ0v) is 22.3. The fourth-order valence-electron chi connectivity index (χ4n) is 4.28. The van der Waals surface area contributed by atoms with Crippen LogP contribution in [0.15, 0.2) is 42.9 Å². The topological polar surface area (TPSA) is 69.7 Å². The van der Waals surface area contributed by atoms with E-state index in [4.69, 9.17) is 14.2 Å². The zero-order valence-electron chi connectivity index (χ0n) is 22.3. The smallest absolute Gasteiger partial charge is 0.213 e. The van der Waals surface area contributed by atoms with Gasteiger partial charge in [0.2, 0.25) is 11.7 Å². The molecule has 2 unspecified atom stereocenters. The minimum atomic E-state index is -1.05. The summed E-state index contributed by atoms with van der Waals surface area (Å²) < 4.78 is 46.2. The van der Waals surface area contributed by atoms with Crippen molar-refractivity contribution in [2.24, 2.45) is 0 Å². The highest BCUT2D eigenvalue weighted by atomic mass is 19.2. The summed E-state index contributed by atoms with van der Waals surface area (Å²) in [6.45, 7) is 5.18. The van der Waals surface area contributed by atoms with Crippen LogP contribution in [0.25, 0.3) is 22.5 Å². The number of benzene rings is 1. The number of rotatable bonds is 16. The highest BCUT2D eigenvalue weighted by Gasteiger charge is 2.38. The predicted octanol–water partition coefficient (Wildman–Crippen LogP) is 7.56. The normalized spacial score (nSPS) is 16.4.